The highest BCUT2D eigenvalue weighted by Gasteiger charge is 2.51. The van der Waals surface area contributed by atoms with E-state index < -0.39 is 16.4 Å². The van der Waals surface area contributed by atoms with E-state index >= 15 is 0 Å². The van der Waals surface area contributed by atoms with Crippen molar-refractivity contribution in [2.45, 2.75) is 62.0 Å². The Labute approximate surface area is 219 Å². The van der Waals surface area contributed by atoms with Crippen LogP contribution in [-0.2, 0) is 32.5 Å². The number of fused-ring (bicyclic) bond motifs is 1. The summed E-state index contributed by atoms with van der Waals surface area (Å²) in [5.74, 6) is 1.30. The maximum absolute atomic E-state index is 13.4. The number of hydrogen-bond donors (Lipinski definition) is 1. The Kier molecular flexibility index (Phi) is 6.56. The molecule has 1 amide bonds. The maximum atomic E-state index is 13.4. The molecule has 1 aliphatic carbocycles. The van der Waals surface area contributed by atoms with Gasteiger partial charge in [0.05, 0.1) is 22.6 Å². The standard InChI is InChI=1S/C29H31N3O4S/c1-2-23-5-4-16-32(23)37(34)24-11-8-20(9-12-24)25-6-3-7-27(30-25)31-28(33)29(14-15-29)22-10-13-26-21(17-22)18-35-19-36-26/h3,6-13,17,23H,2,4-5,14-16,18-19H2,1H3,(H,30,31,33)/t23-,37?/m0/s1. The third-order valence-electron chi connectivity index (χ3n) is 7.70. The van der Waals surface area contributed by atoms with Crippen molar-refractivity contribution in [2.75, 3.05) is 18.7 Å². The van der Waals surface area contributed by atoms with E-state index in [0.29, 0.717) is 18.5 Å². The molecule has 8 heteroatoms. The van der Waals surface area contributed by atoms with Gasteiger partial charge < -0.3 is 14.8 Å². The molecule has 1 saturated heterocycles. The van der Waals surface area contributed by atoms with E-state index in [4.69, 9.17) is 14.5 Å². The highest BCUT2D eigenvalue weighted by atomic mass is 32.2. The van der Waals surface area contributed by atoms with Crippen LogP contribution in [0.15, 0.2) is 65.6 Å². The predicted molar refractivity (Wildman–Crippen MR) is 142 cm³/mol. The van der Waals surface area contributed by atoms with Crippen molar-refractivity contribution in [3.63, 3.8) is 0 Å². The Morgan fingerprint density at radius 2 is 2.00 bits per heavy atom. The number of rotatable bonds is 7. The maximum Gasteiger partial charge on any atom is 0.236 e. The average molecular weight is 518 g/mol. The van der Waals surface area contributed by atoms with Crippen LogP contribution in [0.25, 0.3) is 11.3 Å². The highest BCUT2D eigenvalue weighted by Crippen LogP contribution is 2.50. The molecule has 0 bridgehead atoms. The van der Waals surface area contributed by atoms with Crippen molar-refractivity contribution in [3.05, 3.63) is 71.8 Å². The summed E-state index contributed by atoms with van der Waals surface area (Å²) in [5.41, 5.74) is 3.10. The zero-order valence-electron chi connectivity index (χ0n) is 20.9. The van der Waals surface area contributed by atoms with Gasteiger partial charge in [-0.25, -0.2) is 13.5 Å². The first-order valence-corrected chi connectivity index (χ1v) is 14.1. The second-order valence-corrected chi connectivity index (χ2v) is 11.4. The summed E-state index contributed by atoms with van der Waals surface area (Å²) in [7, 11) is -1.15. The number of benzene rings is 2. The molecule has 6 rings (SSSR count). The first-order chi connectivity index (χ1) is 18.1. The van der Waals surface area contributed by atoms with Crippen LogP contribution in [0.1, 0.15) is 50.2 Å². The second-order valence-electron chi connectivity index (χ2n) is 10.00. The van der Waals surface area contributed by atoms with Crippen molar-refractivity contribution in [1.82, 2.24) is 9.29 Å². The van der Waals surface area contributed by atoms with Crippen LogP contribution in [-0.4, -0.2) is 38.8 Å². The first-order valence-electron chi connectivity index (χ1n) is 13.0. The van der Waals surface area contributed by atoms with Gasteiger partial charge in [0.25, 0.3) is 0 Å². The molecule has 3 aliphatic rings. The average Bonchev–Trinajstić information content (AvgIpc) is 3.63. The molecule has 2 atom stereocenters. The summed E-state index contributed by atoms with van der Waals surface area (Å²) < 4.78 is 26.1. The van der Waals surface area contributed by atoms with Gasteiger partial charge in [0.15, 0.2) is 6.79 Å². The molecule has 3 aromatic rings. The zero-order chi connectivity index (χ0) is 25.4. The van der Waals surface area contributed by atoms with Crippen molar-refractivity contribution in [1.29, 1.82) is 0 Å². The lowest BCUT2D eigenvalue weighted by Gasteiger charge is -2.22. The van der Waals surface area contributed by atoms with Crippen LogP contribution in [0.4, 0.5) is 5.82 Å². The van der Waals surface area contributed by atoms with Crippen LogP contribution in [0.3, 0.4) is 0 Å². The predicted octanol–water partition coefficient (Wildman–Crippen LogP) is 5.18. The van der Waals surface area contributed by atoms with Gasteiger partial charge in [-0.1, -0.05) is 31.2 Å². The summed E-state index contributed by atoms with van der Waals surface area (Å²) in [6.45, 7) is 3.79. The van der Waals surface area contributed by atoms with Gasteiger partial charge in [-0.3, -0.25) is 4.79 Å². The van der Waals surface area contributed by atoms with E-state index in [1.807, 2.05) is 60.7 Å². The van der Waals surface area contributed by atoms with E-state index in [2.05, 4.69) is 16.5 Å². The normalized spacial score (nSPS) is 21.1. The number of pyridine rings is 1. The van der Waals surface area contributed by atoms with Gasteiger partial charge in [0.2, 0.25) is 5.91 Å². The number of anilines is 1. The molecule has 0 radical (unpaired) electrons. The van der Waals surface area contributed by atoms with Crippen LogP contribution in [0.5, 0.6) is 5.75 Å². The van der Waals surface area contributed by atoms with Crippen molar-refractivity contribution < 1.29 is 18.5 Å². The number of nitrogens with zero attached hydrogens (tertiary/aromatic N) is 2. The molecular weight excluding hydrogens is 486 g/mol. The lowest BCUT2D eigenvalue weighted by Crippen LogP contribution is -2.30. The summed E-state index contributed by atoms with van der Waals surface area (Å²) in [6.07, 6.45) is 4.82. The Morgan fingerprint density at radius 1 is 1.16 bits per heavy atom. The van der Waals surface area contributed by atoms with E-state index in [9.17, 15) is 9.00 Å². The lowest BCUT2D eigenvalue weighted by atomic mass is 9.93. The molecular formula is C29H31N3O4S. The SMILES string of the molecule is CC[C@H]1CCCN1S(=O)c1ccc(-c2cccc(NC(=O)C3(c4ccc5c(c4)COCO5)CC3)n2)cc1. The lowest BCUT2D eigenvalue weighted by molar-refractivity contribution is -0.118. The molecule has 2 aromatic carbocycles. The summed E-state index contributed by atoms with van der Waals surface area (Å²) in [6, 6.07) is 19.7. The number of aromatic nitrogens is 1. The van der Waals surface area contributed by atoms with Gasteiger partial charge >= 0.3 is 0 Å². The fourth-order valence-electron chi connectivity index (χ4n) is 5.37. The number of carbonyl (C=O) groups is 1. The smallest absolute Gasteiger partial charge is 0.236 e. The Bertz CT molecular complexity index is 1340. The van der Waals surface area contributed by atoms with Crippen LogP contribution in [0.2, 0.25) is 0 Å². The van der Waals surface area contributed by atoms with Gasteiger partial charge in [-0.15, -0.1) is 0 Å². The van der Waals surface area contributed by atoms with Crippen molar-refractivity contribution in [2.24, 2.45) is 0 Å². The summed E-state index contributed by atoms with van der Waals surface area (Å²) in [5, 5.41) is 3.04. The molecule has 2 fully saturated rings. The number of ether oxygens (including phenoxy) is 2. The van der Waals surface area contributed by atoms with Gasteiger partial charge in [-0.05, 0) is 74.1 Å². The fourth-order valence-corrected chi connectivity index (χ4v) is 6.83. The van der Waals surface area contributed by atoms with Gasteiger partial charge in [0.1, 0.15) is 22.6 Å². The van der Waals surface area contributed by atoms with Crippen molar-refractivity contribution >= 4 is 22.7 Å². The number of amides is 1. The highest BCUT2D eigenvalue weighted by molar-refractivity contribution is 7.82. The van der Waals surface area contributed by atoms with Gasteiger partial charge in [0, 0.05) is 23.7 Å². The van der Waals surface area contributed by atoms with Crippen LogP contribution < -0.4 is 10.1 Å². The van der Waals surface area contributed by atoms with Gasteiger partial charge in [-0.2, -0.15) is 0 Å². The van der Waals surface area contributed by atoms with E-state index in [0.717, 1.165) is 71.7 Å². The number of nitrogens with one attached hydrogen (secondary N) is 1. The third kappa shape index (κ3) is 4.69. The molecule has 1 saturated carbocycles. The number of hydrogen-bond acceptors (Lipinski definition) is 5. The Hall–Kier alpha value is -3.07. The zero-order valence-corrected chi connectivity index (χ0v) is 21.8. The molecule has 2 aliphatic heterocycles. The molecule has 1 aromatic heterocycles. The molecule has 1 N–H and O–H groups in total. The summed E-state index contributed by atoms with van der Waals surface area (Å²) in [4.78, 5) is 18.9. The Morgan fingerprint density at radius 3 is 2.78 bits per heavy atom. The molecule has 37 heavy (non-hydrogen) atoms. The molecule has 1 unspecified atom stereocenters. The number of carbonyl (C=O) groups excluding carboxylic acids is 1. The topological polar surface area (TPSA) is 80.8 Å². The minimum atomic E-state index is -1.15. The fraction of sp³-hybridized carbons (Fsp3) is 0.379. The van der Waals surface area contributed by atoms with Crippen LogP contribution in [0, 0.1) is 0 Å². The largest absolute Gasteiger partial charge is 0.467 e. The minimum Gasteiger partial charge on any atom is -0.467 e. The summed E-state index contributed by atoms with van der Waals surface area (Å²) >= 11 is 0. The third-order valence-corrected chi connectivity index (χ3v) is 9.28. The second kappa shape index (κ2) is 10.0. The molecule has 3 heterocycles. The molecule has 0 spiro atoms. The minimum absolute atomic E-state index is 0.0448. The monoisotopic (exact) mass is 517 g/mol. The first kappa shape index (κ1) is 24.3. The van der Waals surface area contributed by atoms with E-state index in [-0.39, 0.29) is 12.7 Å². The van der Waals surface area contributed by atoms with Crippen molar-refractivity contribution in [3.8, 4) is 17.0 Å². The van der Waals surface area contributed by atoms with E-state index in [1.165, 1.54) is 0 Å². The molecule has 7 nitrogen and oxygen atoms in total. The van der Waals surface area contributed by atoms with E-state index in [1.54, 1.807) is 0 Å². The van der Waals surface area contributed by atoms with Crippen LogP contribution >= 0.6 is 0 Å². The molecule has 192 valence electrons. The Balaban J connectivity index is 1.17. The quantitative estimate of drug-likeness (QED) is 0.467.